The molecule has 0 aromatic heterocycles. The summed E-state index contributed by atoms with van der Waals surface area (Å²) in [6.07, 6.45) is 0. The summed E-state index contributed by atoms with van der Waals surface area (Å²) < 4.78 is 6.30. The molecule has 5 heteroatoms. The van der Waals surface area contributed by atoms with Crippen molar-refractivity contribution in [2.75, 3.05) is 38.2 Å². The highest BCUT2D eigenvalue weighted by atomic mass is 79.9. The van der Waals surface area contributed by atoms with Crippen molar-refractivity contribution in [2.24, 2.45) is 0 Å². The molecule has 2 N–H and O–H groups in total. The number of benzene rings is 2. The molecule has 1 heterocycles. The summed E-state index contributed by atoms with van der Waals surface area (Å²) in [4.78, 5) is 3.98. The van der Waals surface area contributed by atoms with E-state index in [2.05, 4.69) is 33.0 Å². The fourth-order valence-electron chi connectivity index (χ4n) is 3.03. The van der Waals surface area contributed by atoms with E-state index in [0.717, 1.165) is 42.9 Å². The predicted molar refractivity (Wildman–Crippen MR) is 95.4 cm³/mol. The number of nitrogens with one attached hydrogen (secondary N) is 1. The zero-order valence-corrected chi connectivity index (χ0v) is 14.8. The van der Waals surface area contributed by atoms with Gasteiger partial charge in [0.25, 0.3) is 0 Å². The first-order valence-corrected chi connectivity index (χ1v) is 8.65. The minimum absolute atomic E-state index is 0.322. The Kier molecular flexibility index (Phi) is 5.08. The van der Waals surface area contributed by atoms with Crippen LogP contribution in [0.4, 0.5) is 5.69 Å². The molecule has 2 aromatic rings. The molecule has 0 bridgehead atoms. The van der Waals surface area contributed by atoms with E-state index in [0.29, 0.717) is 5.75 Å². The Hall–Kier alpha value is -1.72. The molecule has 3 rings (SSSR count). The number of aromatic hydroxyl groups is 1. The Labute approximate surface area is 145 Å². The van der Waals surface area contributed by atoms with E-state index in [-0.39, 0.29) is 0 Å². The SMILES string of the molecule is COc1ccc(C[NH+]2CCN(c3ccc(O)cc3)CC2)cc1Br. The third-order valence-electron chi connectivity index (χ3n) is 4.36. The van der Waals surface area contributed by atoms with Crippen LogP contribution in [0.1, 0.15) is 5.56 Å². The Morgan fingerprint density at radius 1 is 1.13 bits per heavy atom. The fraction of sp³-hybridized carbons (Fsp3) is 0.333. The summed E-state index contributed by atoms with van der Waals surface area (Å²) in [7, 11) is 1.69. The fourth-order valence-corrected chi connectivity index (χ4v) is 3.62. The zero-order chi connectivity index (χ0) is 16.2. The smallest absolute Gasteiger partial charge is 0.133 e. The van der Waals surface area contributed by atoms with E-state index < -0.39 is 0 Å². The summed E-state index contributed by atoms with van der Waals surface area (Å²) in [6, 6.07) is 13.8. The van der Waals surface area contributed by atoms with E-state index in [4.69, 9.17) is 4.74 Å². The molecule has 1 aliphatic rings. The molecule has 0 unspecified atom stereocenters. The molecule has 1 aliphatic heterocycles. The van der Waals surface area contributed by atoms with Crippen LogP contribution in [0.2, 0.25) is 0 Å². The van der Waals surface area contributed by atoms with Crippen molar-refractivity contribution >= 4 is 21.6 Å². The van der Waals surface area contributed by atoms with Gasteiger partial charge in [0.2, 0.25) is 0 Å². The standard InChI is InChI=1S/C18H21BrN2O2/c1-23-18-7-2-14(12-17(18)19)13-20-8-10-21(11-9-20)15-3-5-16(22)6-4-15/h2-7,12,22H,8-11,13H2,1H3/p+1. The number of rotatable bonds is 4. The largest absolute Gasteiger partial charge is 0.508 e. The van der Waals surface area contributed by atoms with Crippen LogP contribution in [0, 0.1) is 0 Å². The highest BCUT2D eigenvalue weighted by molar-refractivity contribution is 9.10. The first kappa shape index (κ1) is 16.1. The molecule has 0 radical (unpaired) electrons. The number of nitrogens with zero attached hydrogens (tertiary/aromatic N) is 1. The average Bonchev–Trinajstić information content (AvgIpc) is 2.57. The van der Waals surface area contributed by atoms with Crippen LogP contribution in [0.25, 0.3) is 0 Å². The summed E-state index contributed by atoms with van der Waals surface area (Å²) in [5.74, 6) is 1.20. The van der Waals surface area contributed by atoms with Crippen LogP contribution in [0.3, 0.4) is 0 Å². The molecule has 0 spiro atoms. The van der Waals surface area contributed by atoms with Crippen LogP contribution < -0.4 is 14.5 Å². The number of phenolic OH excluding ortho intramolecular Hbond substituents is 1. The lowest BCUT2D eigenvalue weighted by Crippen LogP contribution is -3.13. The Bertz CT molecular complexity index is 653. The molecule has 0 atom stereocenters. The Morgan fingerprint density at radius 3 is 2.43 bits per heavy atom. The van der Waals surface area contributed by atoms with Crippen molar-refractivity contribution in [1.82, 2.24) is 0 Å². The monoisotopic (exact) mass is 377 g/mol. The topological polar surface area (TPSA) is 37.1 Å². The number of hydrogen-bond donors (Lipinski definition) is 2. The minimum Gasteiger partial charge on any atom is -0.508 e. The Morgan fingerprint density at radius 2 is 1.83 bits per heavy atom. The number of hydrogen-bond acceptors (Lipinski definition) is 3. The summed E-state index contributed by atoms with van der Waals surface area (Å²) in [6.45, 7) is 5.34. The van der Waals surface area contributed by atoms with Gasteiger partial charge in [-0.3, -0.25) is 0 Å². The number of methoxy groups -OCH3 is 1. The third-order valence-corrected chi connectivity index (χ3v) is 4.98. The van der Waals surface area contributed by atoms with Crippen LogP contribution in [-0.4, -0.2) is 38.4 Å². The Balaban J connectivity index is 1.56. The van der Waals surface area contributed by atoms with Crippen LogP contribution in [-0.2, 0) is 6.54 Å². The number of phenols is 1. The van der Waals surface area contributed by atoms with Crippen molar-refractivity contribution < 1.29 is 14.7 Å². The molecular formula is C18H22BrN2O2+. The minimum atomic E-state index is 0.322. The quantitative estimate of drug-likeness (QED) is 0.856. The third kappa shape index (κ3) is 3.98. The van der Waals surface area contributed by atoms with Crippen LogP contribution >= 0.6 is 15.9 Å². The lowest BCUT2D eigenvalue weighted by molar-refractivity contribution is -0.914. The van der Waals surface area contributed by atoms with Gasteiger partial charge in [-0.1, -0.05) is 0 Å². The summed E-state index contributed by atoms with van der Waals surface area (Å²) in [5.41, 5.74) is 2.51. The van der Waals surface area contributed by atoms with Crippen LogP contribution in [0.15, 0.2) is 46.9 Å². The summed E-state index contributed by atoms with van der Waals surface area (Å²) >= 11 is 3.56. The number of ether oxygens (including phenoxy) is 1. The highest BCUT2D eigenvalue weighted by Gasteiger charge is 2.20. The van der Waals surface area contributed by atoms with E-state index in [9.17, 15) is 5.11 Å². The van der Waals surface area contributed by atoms with Crippen molar-refractivity contribution in [2.45, 2.75) is 6.54 Å². The van der Waals surface area contributed by atoms with Gasteiger partial charge in [0.15, 0.2) is 0 Å². The maximum atomic E-state index is 9.39. The average molecular weight is 378 g/mol. The predicted octanol–water partition coefficient (Wildman–Crippen LogP) is 2.07. The number of quaternary nitrogens is 1. The molecule has 0 saturated carbocycles. The second kappa shape index (κ2) is 7.23. The molecule has 2 aromatic carbocycles. The lowest BCUT2D eigenvalue weighted by Gasteiger charge is -2.33. The van der Waals surface area contributed by atoms with Crippen molar-refractivity contribution in [3.05, 3.63) is 52.5 Å². The molecular weight excluding hydrogens is 356 g/mol. The van der Waals surface area contributed by atoms with Gasteiger partial charge in [-0.2, -0.15) is 0 Å². The molecule has 1 saturated heterocycles. The maximum Gasteiger partial charge on any atom is 0.133 e. The van der Waals surface area contributed by atoms with Gasteiger partial charge in [-0.05, 0) is 58.4 Å². The van der Waals surface area contributed by atoms with Crippen molar-refractivity contribution in [3.63, 3.8) is 0 Å². The van der Waals surface area contributed by atoms with Gasteiger partial charge in [-0.25, -0.2) is 0 Å². The van der Waals surface area contributed by atoms with Gasteiger partial charge in [0.05, 0.1) is 37.8 Å². The highest BCUT2D eigenvalue weighted by Crippen LogP contribution is 2.25. The van der Waals surface area contributed by atoms with Crippen LogP contribution in [0.5, 0.6) is 11.5 Å². The molecule has 122 valence electrons. The van der Waals surface area contributed by atoms with Crippen molar-refractivity contribution in [3.8, 4) is 11.5 Å². The second-order valence-corrected chi connectivity index (χ2v) is 6.75. The first-order valence-electron chi connectivity index (χ1n) is 7.85. The number of halogens is 1. The molecule has 23 heavy (non-hydrogen) atoms. The summed E-state index contributed by atoms with van der Waals surface area (Å²) in [5, 5.41) is 9.39. The van der Waals surface area contributed by atoms with E-state index in [1.54, 1.807) is 24.1 Å². The number of piperazine rings is 1. The van der Waals surface area contributed by atoms with E-state index in [1.165, 1.54) is 11.3 Å². The van der Waals surface area contributed by atoms with E-state index in [1.807, 2.05) is 18.2 Å². The second-order valence-electron chi connectivity index (χ2n) is 5.90. The molecule has 0 aliphatic carbocycles. The first-order chi connectivity index (χ1) is 11.2. The molecule has 0 amide bonds. The van der Waals surface area contributed by atoms with Gasteiger partial charge in [0.1, 0.15) is 18.0 Å². The lowest BCUT2D eigenvalue weighted by atomic mass is 10.2. The maximum absolute atomic E-state index is 9.39. The van der Waals surface area contributed by atoms with Crippen molar-refractivity contribution in [1.29, 1.82) is 0 Å². The van der Waals surface area contributed by atoms with Gasteiger partial charge < -0.3 is 19.6 Å². The zero-order valence-electron chi connectivity index (χ0n) is 13.3. The van der Waals surface area contributed by atoms with Gasteiger partial charge in [0, 0.05) is 11.3 Å². The molecule has 1 fully saturated rings. The normalized spacial score (nSPS) is 15.7. The van der Waals surface area contributed by atoms with Gasteiger partial charge in [-0.15, -0.1) is 0 Å². The van der Waals surface area contributed by atoms with Gasteiger partial charge >= 0.3 is 0 Å². The number of anilines is 1. The van der Waals surface area contributed by atoms with E-state index >= 15 is 0 Å². The molecule has 4 nitrogen and oxygen atoms in total.